The molecule has 1 atom stereocenters. The van der Waals surface area contributed by atoms with Gasteiger partial charge in [0.05, 0.1) is 17.6 Å². The highest BCUT2D eigenvalue weighted by molar-refractivity contribution is 6.35. The van der Waals surface area contributed by atoms with Gasteiger partial charge in [-0.2, -0.15) is 5.10 Å². The summed E-state index contributed by atoms with van der Waals surface area (Å²) < 4.78 is 0. The average molecular weight is 362 g/mol. The third-order valence-corrected chi connectivity index (χ3v) is 4.27. The van der Waals surface area contributed by atoms with Gasteiger partial charge in [0.15, 0.2) is 0 Å². The zero-order valence-electron chi connectivity index (χ0n) is 12.6. The fourth-order valence-corrected chi connectivity index (χ4v) is 3.02. The van der Waals surface area contributed by atoms with Crippen LogP contribution in [0.1, 0.15) is 28.9 Å². The summed E-state index contributed by atoms with van der Waals surface area (Å²) in [6.07, 6.45) is 1.51. The normalized spacial score (nSPS) is 12.1. The van der Waals surface area contributed by atoms with Crippen molar-refractivity contribution in [1.82, 2.24) is 15.5 Å². The molecule has 3 aromatic rings. The molecule has 0 saturated heterocycles. The molecule has 122 valence electrons. The minimum atomic E-state index is -0.296. The van der Waals surface area contributed by atoms with E-state index in [0.29, 0.717) is 26.4 Å². The summed E-state index contributed by atoms with van der Waals surface area (Å²) in [5, 5.41) is 11.1. The van der Waals surface area contributed by atoms with Crippen LogP contribution in [0.2, 0.25) is 10.0 Å². The van der Waals surface area contributed by atoms with Crippen LogP contribution in [0.15, 0.2) is 47.4 Å². The first kappa shape index (κ1) is 16.5. The number of halogens is 2. The number of hydrogen-bond acceptors (Lipinski definition) is 3. The first-order valence-electron chi connectivity index (χ1n) is 7.19. The van der Waals surface area contributed by atoms with Crippen molar-refractivity contribution < 1.29 is 4.79 Å². The number of benzene rings is 2. The lowest BCUT2D eigenvalue weighted by Crippen LogP contribution is -2.26. The van der Waals surface area contributed by atoms with Gasteiger partial charge in [-0.3, -0.25) is 9.59 Å². The lowest BCUT2D eigenvalue weighted by atomic mass is 10.1. The Morgan fingerprint density at radius 1 is 1.21 bits per heavy atom. The summed E-state index contributed by atoms with van der Waals surface area (Å²) in [7, 11) is 0. The summed E-state index contributed by atoms with van der Waals surface area (Å²) in [5.41, 5.74) is 0.918. The molecule has 1 heterocycles. The fraction of sp³-hybridized carbons (Fsp3) is 0.118. The van der Waals surface area contributed by atoms with Gasteiger partial charge in [-0.15, -0.1) is 0 Å². The molecule has 0 saturated carbocycles. The summed E-state index contributed by atoms with van der Waals surface area (Å²) in [6.45, 7) is 1.83. The molecular formula is C17H13Cl2N3O2. The molecule has 5 nitrogen and oxygen atoms in total. The van der Waals surface area contributed by atoms with Crippen LogP contribution in [-0.2, 0) is 0 Å². The molecule has 0 aliphatic carbocycles. The lowest BCUT2D eigenvalue weighted by Gasteiger charge is -2.16. The van der Waals surface area contributed by atoms with Crippen molar-refractivity contribution >= 4 is 39.9 Å². The third-order valence-electron chi connectivity index (χ3n) is 3.70. The molecule has 0 aliphatic heterocycles. The van der Waals surface area contributed by atoms with E-state index >= 15 is 0 Å². The second-order valence-corrected chi connectivity index (χ2v) is 6.21. The second-order valence-electron chi connectivity index (χ2n) is 5.36. The molecule has 0 aliphatic rings. The minimum absolute atomic E-state index is 0.268. The van der Waals surface area contributed by atoms with Crippen LogP contribution in [0.3, 0.4) is 0 Å². The zero-order chi connectivity index (χ0) is 17.3. The predicted molar refractivity (Wildman–Crippen MR) is 94.7 cm³/mol. The maximum atomic E-state index is 12.4. The molecule has 0 fully saturated rings. The van der Waals surface area contributed by atoms with Gasteiger partial charge >= 0.3 is 0 Å². The zero-order valence-corrected chi connectivity index (χ0v) is 14.2. The Labute approximate surface area is 147 Å². The van der Waals surface area contributed by atoms with Crippen LogP contribution in [0.25, 0.3) is 10.8 Å². The topological polar surface area (TPSA) is 74.8 Å². The number of hydrogen-bond donors (Lipinski definition) is 2. The average Bonchev–Trinajstić information content (AvgIpc) is 2.54. The molecule has 0 bridgehead atoms. The fourth-order valence-electron chi connectivity index (χ4n) is 2.45. The molecule has 0 spiro atoms. The maximum absolute atomic E-state index is 12.4. The Balaban J connectivity index is 1.85. The van der Waals surface area contributed by atoms with Crippen LogP contribution < -0.4 is 10.9 Å². The Morgan fingerprint density at radius 2 is 2.00 bits per heavy atom. The van der Waals surface area contributed by atoms with E-state index < -0.39 is 0 Å². The number of H-pyrrole nitrogens is 1. The van der Waals surface area contributed by atoms with Gasteiger partial charge in [-0.05, 0) is 42.8 Å². The summed E-state index contributed by atoms with van der Waals surface area (Å²) in [5.74, 6) is -0.268. The van der Waals surface area contributed by atoms with Crippen molar-refractivity contribution in [3.8, 4) is 0 Å². The number of fused-ring (bicyclic) bond motifs is 1. The number of carbonyl (C=O) groups is 1. The number of carbonyl (C=O) groups excluding carboxylic acids is 1. The monoisotopic (exact) mass is 361 g/mol. The van der Waals surface area contributed by atoms with Gasteiger partial charge < -0.3 is 5.32 Å². The SMILES string of the molecule is C[C@H](NC(=O)c1ccc2c(=O)[nH]ncc2c1)c1ccc(Cl)cc1Cl. The van der Waals surface area contributed by atoms with Gasteiger partial charge in [0, 0.05) is 21.0 Å². The van der Waals surface area contributed by atoms with E-state index in [-0.39, 0.29) is 17.5 Å². The minimum Gasteiger partial charge on any atom is -0.345 e. The Bertz CT molecular complexity index is 985. The first-order valence-corrected chi connectivity index (χ1v) is 7.94. The van der Waals surface area contributed by atoms with Gasteiger partial charge in [-0.25, -0.2) is 5.10 Å². The molecule has 24 heavy (non-hydrogen) atoms. The summed E-state index contributed by atoms with van der Waals surface area (Å²) >= 11 is 12.1. The van der Waals surface area contributed by atoms with E-state index in [4.69, 9.17) is 23.2 Å². The molecule has 0 unspecified atom stereocenters. The lowest BCUT2D eigenvalue weighted by molar-refractivity contribution is 0.0940. The molecule has 1 aromatic heterocycles. The number of nitrogens with one attached hydrogen (secondary N) is 2. The van der Waals surface area contributed by atoms with Crippen LogP contribution in [0.5, 0.6) is 0 Å². The molecule has 2 N–H and O–H groups in total. The maximum Gasteiger partial charge on any atom is 0.272 e. The predicted octanol–water partition coefficient (Wildman–Crippen LogP) is 3.72. The smallest absolute Gasteiger partial charge is 0.272 e. The van der Waals surface area contributed by atoms with Crippen LogP contribution in [-0.4, -0.2) is 16.1 Å². The highest BCUT2D eigenvalue weighted by Gasteiger charge is 2.15. The molecule has 0 radical (unpaired) electrons. The number of aromatic nitrogens is 2. The highest BCUT2D eigenvalue weighted by atomic mass is 35.5. The van der Waals surface area contributed by atoms with Crippen LogP contribution in [0, 0.1) is 0 Å². The number of nitrogens with zero attached hydrogens (tertiary/aromatic N) is 1. The second kappa shape index (κ2) is 6.63. The van der Waals surface area contributed by atoms with Crippen molar-refractivity contribution in [1.29, 1.82) is 0 Å². The van der Waals surface area contributed by atoms with E-state index in [2.05, 4.69) is 15.5 Å². The van der Waals surface area contributed by atoms with Crippen molar-refractivity contribution in [3.05, 3.63) is 74.1 Å². The Kier molecular flexibility index (Phi) is 4.55. The van der Waals surface area contributed by atoms with Gasteiger partial charge in [0.25, 0.3) is 11.5 Å². The number of amides is 1. The largest absolute Gasteiger partial charge is 0.345 e. The quantitative estimate of drug-likeness (QED) is 0.746. The van der Waals surface area contributed by atoms with Crippen molar-refractivity contribution in [2.45, 2.75) is 13.0 Å². The third kappa shape index (κ3) is 3.27. The molecular weight excluding hydrogens is 349 g/mol. The van der Waals surface area contributed by atoms with E-state index in [1.165, 1.54) is 6.20 Å². The van der Waals surface area contributed by atoms with E-state index in [0.717, 1.165) is 5.56 Å². The van der Waals surface area contributed by atoms with E-state index in [1.54, 1.807) is 36.4 Å². The molecule has 2 aromatic carbocycles. The summed E-state index contributed by atoms with van der Waals surface area (Å²) in [6, 6.07) is 9.67. The Hall–Kier alpha value is -2.37. The summed E-state index contributed by atoms with van der Waals surface area (Å²) in [4.78, 5) is 24.1. The van der Waals surface area contributed by atoms with Gasteiger partial charge in [-0.1, -0.05) is 29.3 Å². The van der Waals surface area contributed by atoms with E-state index in [1.807, 2.05) is 6.92 Å². The van der Waals surface area contributed by atoms with Crippen LogP contribution in [0.4, 0.5) is 0 Å². The molecule has 3 rings (SSSR count). The van der Waals surface area contributed by atoms with E-state index in [9.17, 15) is 9.59 Å². The van der Waals surface area contributed by atoms with Gasteiger partial charge in [0.2, 0.25) is 0 Å². The molecule has 7 heteroatoms. The highest BCUT2D eigenvalue weighted by Crippen LogP contribution is 2.26. The first-order chi connectivity index (χ1) is 11.5. The van der Waals surface area contributed by atoms with Crippen LogP contribution >= 0.6 is 23.2 Å². The van der Waals surface area contributed by atoms with Crippen molar-refractivity contribution in [2.75, 3.05) is 0 Å². The molecule has 1 amide bonds. The number of rotatable bonds is 3. The van der Waals surface area contributed by atoms with Crippen molar-refractivity contribution in [3.63, 3.8) is 0 Å². The van der Waals surface area contributed by atoms with Crippen molar-refractivity contribution in [2.24, 2.45) is 0 Å². The standard InChI is InChI=1S/C17H13Cl2N3O2/c1-9(13-5-3-12(18)7-15(13)19)21-16(23)10-2-4-14-11(6-10)8-20-22-17(14)24/h2-9H,1H3,(H,21,23)(H,22,24)/t9-/m0/s1. The number of aromatic amines is 1. The Morgan fingerprint density at radius 3 is 2.75 bits per heavy atom. The van der Waals surface area contributed by atoms with Gasteiger partial charge in [0.1, 0.15) is 0 Å².